The molecule has 2 aromatic carbocycles. The fourth-order valence-corrected chi connectivity index (χ4v) is 4.00. The Morgan fingerprint density at radius 3 is 2.48 bits per heavy atom. The van der Waals surface area contributed by atoms with Gasteiger partial charge in [-0.15, -0.1) is 0 Å². The Bertz CT molecular complexity index is 861. The number of rotatable bonds is 1. The first kappa shape index (κ1) is 14.4. The molecule has 1 saturated heterocycles. The smallest absolute Gasteiger partial charge is 0.259 e. The SMILES string of the molecule is O=C1N[C@H](c2ccc(Cl)cc2)S/C1=C1/C(=O)Nc2ccccc21. The normalized spacial score (nSPS) is 22.7. The molecule has 2 N–H and O–H groups in total. The first-order chi connectivity index (χ1) is 11.1. The predicted molar refractivity (Wildman–Crippen MR) is 91.9 cm³/mol. The first-order valence-electron chi connectivity index (χ1n) is 7.01. The van der Waals surface area contributed by atoms with Crippen LogP contribution in [0.3, 0.4) is 0 Å². The van der Waals surface area contributed by atoms with E-state index in [1.54, 1.807) is 12.1 Å². The van der Waals surface area contributed by atoms with E-state index in [0.717, 1.165) is 16.8 Å². The van der Waals surface area contributed by atoms with Crippen molar-refractivity contribution in [3.8, 4) is 0 Å². The van der Waals surface area contributed by atoms with Crippen LogP contribution in [-0.2, 0) is 9.59 Å². The minimum Gasteiger partial charge on any atom is -0.335 e. The van der Waals surface area contributed by atoms with Crippen molar-refractivity contribution >= 4 is 46.4 Å². The highest BCUT2D eigenvalue weighted by Crippen LogP contribution is 2.45. The highest BCUT2D eigenvalue weighted by molar-refractivity contribution is 8.05. The van der Waals surface area contributed by atoms with Gasteiger partial charge in [0.25, 0.3) is 11.8 Å². The molecule has 0 bridgehead atoms. The molecule has 2 aromatic rings. The minimum atomic E-state index is -0.236. The summed E-state index contributed by atoms with van der Waals surface area (Å²) in [5, 5.41) is 6.14. The quantitative estimate of drug-likeness (QED) is 0.779. The number of nitrogens with one attached hydrogen (secondary N) is 2. The minimum absolute atomic E-state index is 0.220. The van der Waals surface area contributed by atoms with Gasteiger partial charge in [-0.2, -0.15) is 0 Å². The van der Waals surface area contributed by atoms with Gasteiger partial charge in [0.15, 0.2) is 0 Å². The second kappa shape index (κ2) is 5.44. The van der Waals surface area contributed by atoms with Crippen molar-refractivity contribution in [3.63, 3.8) is 0 Å². The van der Waals surface area contributed by atoms with E-state index in [-0.39, 0.29) is 17.2 Å². The molecule has 2 aliphatic heterocycles. The van der Waals surface area contributed by atoms with Crippen molar-refractivity contribution in [2.24, 2.45) is 0 Å². The summed E-state index contributed by atoms with van der Waals surface area (Å²) in [6.45, 7) is 0. The van der Waals surface area contributed by atoms with E-state index in [0.29, 0.717) is 15.5 Å². The van der Waals surface area contributed by atoms with Crippen LogP contribution in [0.15, 0.2) is 53.4 Å². The third-order valence-corrected chi connectivity index (χ3v) is 5.28. The third kappa shape index (κ3) is 2.42. The van der Waals surface area contributed by atoms with Crippen LogP contribution < -0.4 is 10.6 Å². The average Bonchev–Trinajstić information content (AvgIpc) is 3.07. The predicted octanol–water partition coefficient (Wildman–Crippen LogP) is 3.57. The van der Waals surface area contributed by atoms with Gasteiger partial charge >= 0.3 is 0 Å². The molecule has 23 heavy (non-hydrogen) atoms. The first-order valence-corrected chi connectivity index (χ1v) is 8.27. The van der Waals surface area contributed by atoms with Gasteiger partial charge in [-0.1, -0.05) is 53.7 Å². The lowest BCUT2D eigenvalue weighted by Crippen LogP contribution is -2.19. The zero-order valence-electron chi connectivity index (χ0n) is 11.8. The Hall–Kier alpha value is -2.24. The van der Waals surface area contributed by atoms with Gasteiger partial charge in [-0.3, -0.25) is 9.59 Å². The summed E-state index contributed by atoms with van der Waals surface area (Å²) < 4.78 is 0. The van der Waals surface area contributed by atoms with Crippen LogP contribution in [-0.4, -0.2) is 11.8 Å². The molecule has 4 nitrogen and oxygen atoms in total. The third-order valence-electron chi connectivity index (χ3n) is 3.78. The second-order valence-corrected chi connectivity index (χ2v) is 6.78. The lowest BCUT2D eigenvalue weighted by molar-refractivity contribution is -0.117. The Morgan fingerprint density at radius 2 is 1.70 bits per heavy atom. The van der Waals surface area contributed by atoms with E-state index in [1.807, 2.05) is 36.4 Å². The molecule has 0 saturated carbocycles. The van der Waals surface area contributed by atoms with Crippen LogP contribution in [0.2, 0.25) is 5.02 Å². The maximum atomic E-state index is 12.4. The van der Waals surface area contributed by atoms with Crippen molar-refractivity contribution in [1.29, 1.82) is 0 Å². The van der Waals surface area contributed by atoms with E-state index < -0.39 is 0 Å². The van der Waals surface area contributed by atoms with E-state index in [9.17, 15) is 9.59 Å². The number of fused-ring (bicyclic) bond motifs is 1. The lowest BCUT2D eigenvalue weighted by atomic mass is 10.1. The van der Waals surface area contributed by atoms with Gasteiger partial charge in [0, 0.05) is 16.3 Å². The highest BCUT2D eigenvalue weighted by atomic mass is 35.5. The van der Waals surface area contributed by atoms with Crippen molar-refractivity contribution in [3.05, 3.63) is 69.6 Å². The topological polar surface area (TPSA) is 58.2 Å². The number of para-hydroxylation sites is 1. The van der Waals surface area contributed by atoms with Gasteiger partial charge in [0.1, 0.15) is 5.37 Å². The van der Waals surface area contributed by atoms with Crippen LogP contribution in [0, 0.1) is 0 Å². The number of carbonyl (C=O) groups excluding carboxylic acids is 2. The monoisotopic (exact) mass is 342 g/mol. The Labute approximate surface area is 141 Å². The Morgan fingerprint density at radius 1 is 0.957 bits per heavy atom. The number of amides is 2. The second-order valence-electron chi connectivity index (χ2n) is 5.23. The molecule has 1 atom stereocenters. The molecule has 0 unspecified atom stereocenters. The van der Waals surface area contributed by atoms with Crippen molar-refractivity contribution in [2.75, 3.05) is 5.32 Å². The largest absolute Gasteiger partial charge is 0.335 e. The zero-order valence-corrected chi connectivity index (χ0v) is 13.4. The fourth-order valence-electron chi connectivity index (χ4n) is 2.69. The van der Waals surface area contributed by atoms with E-state index in [1.165, 1.54) is 11.8 Å². The fraction of sp³-hybridized carbons (Fsp3) is 0.0588. The number of hydrogen-bond acceptors (Lipinski definition) is 3. The van der Waals surface area contributed by atoms with E-state index >= 15 is 0 Å². The number of hydrogen-bond donors (Lipinski definition) is 2. The van der Waals surface area contributed by atoms with Crippen molar-refractivity contribution in [2.45, 2.75) is 5.37 Å². The number of thioether (sulfide) groups is 1. The number of anilines is 1. The summed E-state index contributed by atoms with van der Waals surface area (Å²) in [6, 6.07) is 14.7. The molecule has 0 spiro atoms. The summed E-state index contributed by atoms with van der Waals surface area (Å²) in [6.07, 6.45) is 0. The molecule has 114 valence electrons. The molecule has 0 aromatic heterocycles. The van der Waals surface area contributed by atoms with Gasteiger partial charge in [-0.25, -0.2) is 0 Å². The molecule has 2 amide bonds. The molecule has 4 rings (SSSR count). The molecule has 0 radical (unpaired) electrons. The Balaban J connectivity index is 1.74. The summed E-state index contributed by atoms with van der Waals surface area (Å²) in [7, 11) is 0. The lowest BCUT2D eigenvalue weighted by Gasteiger charge is -2.08. The van der Waals surface area contributed by atoms with E-state index in [2.05, 4.69) is 10.6 Å². The van der Waals surface area contributed by atoms with Crippen LogP contribution in [0.4, 0.5) is 5.69 Å². The summed E-state index contributed by atoms with van der Waals surface area (Å²) in [4.78, 5) is 25.1. The van der Waals surface area contributed by atoms with Crippen LogP contribution in [0.25, 0.3) is 5.57 Å². The maximum Gasteiger partial charge on any atom is 0.259 e. The maximum absolute atomic E-state index is 12.4. The van der Waals surface area contributed by atoms with Gasteiger partial charge < -0.3 is 10.6 Å². The molecular weight excluding hydrogens is 332 g/mol. The van der Waals surface area contributed by atoms with Crippen molar-refractivity contribution < 1.29 is 9.59 Å². The molecule has 2 aliphatic rings. The van der Waals surface area contributed by atoms with Crippen molar-refractivity contribution in [1.82, 2.24) is 5.32 Å². The zero-order chi connectivity index (χ0) is 16.0. The number of benzene rings is 2. The van der Waals surface area contributed by atoms with Crippen LogP contribution in [0.5, 0.6) is 0 Å². The average molecular weight is 343 g/mol. The number of halogens is 1. The molecular formula is C17H11ClN2O2S. The van der Waals surface area contributed by atoms with Gasteiger partial charge in [0.2, 0.25) is 0 Å². The molecule has 0 aliphatic carbocycles. The highest BCUT2D eigenvalue weighted by Gasteiger charge is 2.36. The van der Waals surface area contributed by atoms with Gasteiger partial charge in [0.05, 0.1) is 10.5 Å². The molecule has 2 heterocycles. The molecule has 6 heteroatoms. The van der Waals surface area contributed by atoms with E-state index in [4.69, 9.17) is 11.6 Å². The summed E-state index contributed by atoms with van der Waals surface area (Å²) >= 11 is 7.26. The van der Waals surface area contributed by atoms with Crippen LogP contribution in [0.1, 0.15) is 16.5 Å². The number of carbonyl (C=O) groups is 2. The standard InChI is InChI=1S/C17H11ClN2O2S/c18-10-7-5-9(6-8-10)17-20-16(22)14(23-17)13-11-3-1-2-4-12(11)19-15(13)21/h1-8,17H,(H,19,21)(H,20,22)/b14-13+/t17-/m0/s1. The summed E-state index contributed by atoms with van der Waals surface area (Å²) in [5.74, 6) is -0.461. The summed E-state index contributed by atoms with van der Waals surface area (Å²) in [5.41, 5.74) is 2.89. The van der Waals surface area contributed by atoms with Gasteiger partial charge in [-0.05, 0) is 23.8 Å². The Kier molecular flexibility index (Phi) is 3.39. The molecule has 1 fully saturated rings. The van der Waals surface area contributed by atoms with Crippen LogP contribution >= 0.6 is 23.4 Å².